The zero-order chi connectivity index (χ0) is 10.8. The Morgan fingerprint density at radius 3 is 3.31 bits per heavy atom. The Morgan fingerprint density at radius 2 is 2.44 bits per heavy atom. The largest absolute Gasteiger partial charge is 0.361 e. The van der Waals surface area contributed by atoms with Gasteiger partial charge in [0.2, 0.25) is 5.65 Å². The van der Waals surface area contributed by atoms with E-state index in [9.17, 15) is 0 Å². The maximum absolute atomic E-state index is 4.21. The van der Waals surface area contributed by atoms with Crippen molar-refractivity contribution in [3.8, 4) is 0 Å². The maximum Gasteiger partial charge on any atom is 0.203 e. The van der Waals surface area contributed by atoms with Gasteiger partial charge in [0.25, 0.3) is 0 Å². The van der Waals surface area contributed by atoms with E-state index in [4.69, 9.17) is 0 Å². The van der Waals surface area contributed by atoms with Crippen LogP contribution in [-0.2, 0) is 6.54 Å². The molecule has 0 bridgehead atoms. The Labute approximate surface area is 90.6 Å². The van der Waals surface area contributed by atoms with Crippen LogP contribution in [0, 0.1) is 0 Å². The minimum Gasteiger partial charge on any atom is -0.361 e. The molecule has 0 fully saturated rings. The van der Waals surface area contributed by atoms with Gasteiger partial charge in [-0.2, -0.15) is 0 Å². The van der Waals surface area contributed by atoms with Gasteiger partial charge in [-0.1, -0.05) is 0 Å². The molecule has 2 N–H and O–H groups in total. The van der Waals surface area contributed by atoms with Gasteiger partial charge in [0.05, 0.1) is 18.6 Å². The number of aromatic nitrogens is 6. The Morgan fingerprint density at radius 1 is 1.44 bits per heavy atom. The predicted octanol–water partition coefficient (Wildman–Crippen LogP) is 0.459. The van der Waals surface area contributed by atoms with Gasteiger partial charge in [-0.15, -0.1) is 10.2 Å². The molecule has 16 heavy (non-hydrogen) atoms. The molecule has 3 aromatic rings. The monoisotopic (exact) mass is 215 g/mol. The van der Waals surface area contributed by atoms with Crippen molar-refractivity contribution < 1.29 is 0 Å². The molecule has 0 amide bonds. The van der Waals surface area contributed by atoms with Crippen molar-refractivity contribution >= 4 is 11.5 Å². The molecule has 7 heteroatoms. The van der Waals surface area contributed by atoms with Crippen molar-refractivity contribution in [1.82, 2.24) is 29.5 Å². The quantitative estimate of drug-likeness (QED) is 0.663. The van der Waals surface area contributed by atoms with Crippen LogP contribution >= 0.6 is 0 Å². The van der Waals surface area contributed by atoms with Crippen molar-refractivity contribution in [3.63, 3.8) is 0 Å². The van der Waals surface area contributed by atoms with E-state index in [0.717, 1.165) is 5.69 Å². The zero-order valence-corrected chi connectivity index (χ0v) is 8.33. The lowest BCUT2D eigenvalue weighted by atomic mass is 10.4. The number of nitrogens with zero attached hydrogens (tertiary/aromatic N) is 5. The molecule has 0 radical (unpaired) electrons. The van der Waals surface area contributed by atoms with Crippen molar-refractivity contribution in [2.45, 2.75) is 6.54 Å². The van der Waals surface area contributed by atoms with Crippen LogP contribution in [-0.4, -0.2) is 29.5 Å². The molecular weight excluding hydrogens is 206 g/mol. The van der Waals surface area contributed by atoms with Gasteiger partial charge in [-0.25, -0.2) is 9.97 Å². The minimum atomic E-state index is 0.625. The summed E-state index contributed by atoms with van der Waals surface area (Å²) in [5, 5.41) is 11.0. The summed E-state index contributed by atoms with van der Waals surface area (Å²) in [4.78, 5) is 11.2. The number of aromatic amines is 1. The molecule has 0 aliphatic rings. The summed E-state index contributed by atoms with van der Waals surface area (Å²) in [6, 6.07) is 0. The van der Waals surface area contributed by atoms with E-state index < -0.39 is 0 Å². The average Bonchev–Trinajstić information content (AvgIpc) is 2.97. The van der Waals surface area contributed by atoms with E-state index in [2.05, 4.69) is 30.5 Å². The molecule has 3 aromatic heterocycles. The summed E-state index contributed by atoms with van der Waals surface area (Å²) in [5.41, 5.74) is 1.70. The third-order valence-corrected chi connectivity index (χ3v) is 2.22. The fourth-order valence-corrected chi connectivity index (χ4v) is 1.44. The number of imidazole rings is 1. The normalized spacial score (nSPS) is 10.8. The lowest BCUT2D eigenvalue weighted by Gasteiger charge is -2.03. The molecule has 3 rings (SSSR count). The second-order valence-corrected chi connectivity index (χ2v) is 3.27. The SMILES string of the molecule is c1cn2cnnc2c(NCc2cnc[nH]2)n1. The Hall–Kier alpha value is -2.44. The summed E-state index contributed by atoms with van der Waals surface area (Å²) in [6.45, 7) is 0.625. The van der Waals surface area contributed by atoms with Crippen LogP contribution in [0.3, 0.4) is 0 Å². The van der Waals surface area contributed by atoms with Crippen LogP contribution in [0.2, 0.25) is 0 Å². The number of rotatable bonds is 3. The maximum atomic E-state index is 4.21. The molecular formula is C9H9N7. The van der Waals surface area contributed by atoms with Crippen LogP contribution in [0.15, 0.2) is 31.2 Å². The fourth-order valence-electron chi connectivity index (χ4n) is 1.44. The van der Waals surface area contributed by atoms with Crippen molar-refractivity contribution in [1.29, 1.82) is 0 Å². The summed E-state index contributed by atoms with van der Waals surface area (Å²) >= 11 is 0. The average molecular weight is 215 g/mol. The van der Waals surface area contributed by atoms with Crippen LogP contribution in [0.4, 0.5) is 5.82 Å². The van der Waals surface area contributed by atoms with Crippen LogP contribution in [0.25, 0.3) is 5.65 Å². The first-order chi connectivity index (χ1) is 7.93. The van der Waals surface area contributed by atoms with E-state index in [0.29, 0.717) is 18.0 Å². The number of anilines is 1. The van der Waals surface area contributed by atoms with E-state index in [1.54, 1.807) is 31.2 Å². The first kappa shape index (κ1) is 8.84. The second kappa shape index (κ2) is 3.61. The smallest absolute Gasteiger partial charge is 0.203 e. The standard InChI is InChI=1S/C9H9N7/c1-2-16-6-14-15-9(16)8(11-1)12-4-7-3-10-5-13-7/h1-3,5-6H,4H2,(H,10,13)(H,11,12). The van der Waals surface area contributed by atoms with Crippen LogP contribution < -0.4 is 5.32 Å². The predicted molar refractivity (Wildman–Crippen MR) is 56.7 cm³/mol. The molecule has 0 saturated heterocycles. The minimum absolute atomic E-state index is 0.625. The highest BCUT2D eigenvalue weighted by Crippen LogP contribution is 2.10. The zero-order valence-electron chi connectivity index (χ0n) is 8.33. The molecule has 3 heterocycles. The van der Waals surface area contributed by atoms with Gasteiger partial charge < -0.3 is 10.3 Å². The van der Waals surface area contributed by atoms with Gasteiger partial charge in [0, 0.05) is 18.6 Å². The third-order valence-electron chi connectivity index (χ3n) is 2.22. The fraction of sp³-hybridized carbons (Fsp3) is 0.111. The highest BCUT2D eigenvalue weighted by atomic mass is 15.2. The van der Waals surface area contributed by atoms with Gasteiger partial charge in [-0.05, 0) is 0 Å². The Bertz CT molecular complexity index is 583. The lowest BCUT2D eigenvalue weighted by molar-refractivity contribution is 1.03. The summed E-state index contributed by atoms with van der Waals surface area (Å²) in [7, 11) is 0. The van der Waals surface area contributed by atoms with Crippen molar-refractivity contribution in [2.75, 3.05) is 5.32 Å². The highest BCUT2D eigenvalue weighted by molar-refractivity contribution is 5.61. The van der Waals surface area contributed by atoms with Crippen LogP contribution in [0.1, 0.15) is 5.69 Å². The summed E-state index contributed by atoms with van der Waals surface area (Å²) in [6.07, 6.45) is 8.54. The Kier molecular flexibility index (Phi) is 1.99. The molecule has 7 nitrogen and oxygen atoms in total. The molecule has 0 aliphatic carbocycles. The van der Waals surface area contributed by atoms with E-state index in [-0.39, 0.29) is 0 Å². The molecule has 0 spiro atoms. The van der Waals surface area contributed by atoms with Crippen molar-refractivity contribution in [3.05, 3.63) is 36.9 Å². The van der Waals surface area contributed by atoms with Gasteiger partial charge in [0.15, 0.2) is 5.82 Å². The Balaban J connectivity index is 1.86. The van der Waals surface area contributed by atoms with Gasteiger partial charge in [0.1, 0.15) is 6.33 Å². The molecule has 0 aliphatic heterocycles. The van der Waals surface area contributed by atoms with E-state index in [1.807, 2.05) is 4.40 Å². The number of fused-ring (bicyclic) bond motifs is 1. The van der Waals surface area contributed by atoms with Gasteiger partial charge in [-0.3, -0.25) is 4.40 Å². The van der Waals surface area contributed by atoms with Crippen LogP contribution in [0.5, 0.6) is 0 Å². The highest BCUT2D eigenvalue weighted by Gasteiger charge is 2.04. The van der Waals surface area contributed by atoms with E-state index >= 15 is 0 Å². The van der Waals surface area contributed by atoms with E-state index in [1.165, 1.54) is 0 Å². The molecule has 80 valence electrons. The molecule has 0 aromatic carbocycles. The summed E-state index contributed by atoms with van der Waals surface area (Å²) in [5.74, 6) is 0.703. The number of hydrogen-bond acceptors (Lipinski definition) is 5. The summed E-state index contributed by atoms with van der Waals surface area (Å²) < 4.78 is 1.81. The molecule has 0 unspecified atom stereocenters. The topological polar surface area (TPSA) is 83.8 Å². The first-order valence-electron chi connectivity index (χ1n) is 4.79. The number of hydrogen-bond donors (Lipinski definition) is 2. The van der Waals surface area contributed by atoms with Gasteiger partial charge >= 0.3 is 0 Å². The molecule has 0 saturated carbocycles. The second-order valence-electron chi connectivity index (χ2n) is 3.27. The van der Waals surface area contributed by atoms with Crippen molar-refractivity contribution in [2.24, 2.45) is 0 Å². The lowest BCUT2D eigenvalue weighted by Crippen LogP contribution is -2.03. The number of nitrogens with one attached hydrogen (secondary N) is 2. The molecule has 0 atom stereocenters. The number of H-pyrrole nitrogens is 1. The first-order valence-corrected chi connectivity index (χ1v) is 4.79. The third kappa shape index (κ3) is 1.48.